The number of para-hydroxylation sites is 1. The molecule has 6 aromatic rings. The molecule has 2 N–H and O–H groups in total. The van der Waals surface area contributed by atoms with Gasteiger partial charge in [-0.1, -0.05) is 49.4 Å². The van der Waals surface area contributed by atoms with Gasteiger partial charge in [-0.05, 0) is 66.6 Å². The van der Waals surface area contributed by atoms with E-state index in [9.17, 15) is 9.59 Å². The van der Waals surface area contributed by atoms with E-state index >= 15 is 0 Å². The second-order valence-electron chi connectivity index (χ2n) is 11.5. The average molecular weight is 655 g/mol. The lowest BCUT2D eigenvalue weighted by molar-refractivity contribution is 0.102. The molecule has 49 heavy (non-hydrogen) atoms. The monoisotopic (exact) mass is 654 g/mol. The summed E-state index contributed by atoms with van der Waals surface area (Å²) in [6.45, 7) is 4.82. The summed E-state index contributed by atoms with van der Waals surface area (Å²) in [5.74, 6) is -0.0729. The number of nitrogens with one attached hydrogen (secondary N) is 2. The van der Waals surface area contributed by atoms with Gasteiger partial charge in [-0.25, -0.2) is 4.98 Å². The molecule has 248 valence electrons. The summed E-state index contributed by atoms with van der Waals surface area (Å²) in [5.41, 5.74) is 5.76. The predicted molar refractivity (Wildman–Crippen MR) is 192 cm³/mol. The van der Waals surface area contributed by atoms with Crippen molar-refractivity contribution in [1.82, 2.24) is 19.4 Å². The number of anilines is 2. The molecule has 6 rings (SSSR count). The number of nitrogens with zero attached hydrogens (tertiary/aromatic N) is 4. The molecule has 2 heterocycles. The number of likely N-dealkylation sites (N-methyl/N-ethyl adjacent to an activating group) is 1. The van der Waals surface area contributed by atoms with Crippen LogP contribution < -0.4 is 20.1 Å². The Hall–Kier alpha value is -6.00. The Labute approximate surface area is 285 Å². The quantitative estimate of drug-likeness (QED) is 0.138. The van der Waals surface area contributed by atoms with Crippen molar-refractivity contribution in [3.63, 3.8) is 0 Å². The van der Waals surface area contributed by atoms with Crippen LogP contribution in [-0.4, -0.2) is 58.6 Å². The molecule has 0 saturated carbocycles. The van der Waals surface area contributed by atoms with Crippen LogP contribution >= 0.6 is 0 Å². The number of carbonyl (C=O) groups is 2. The Morgan fingerprint density at radius 2 is 1.63 bits per heavy atom. The number of fused-ring (bicyclic) bond motifs is 1. The summed E-state index contributed by atoms with van der Waals surface area (Å²) in [7, 11) is 2.99. The van der Waals surface area contributed by atoms with E-state index in [-0.39, 0.29) is 11.3 Å². The van der Waals surface area contributed by atoms with Crippen LogP contribution in [0.3, 0.4) is 0 Å². The van der Waals surface area contributed by atoms with Crippen LogP contribution in [0.5, 0.6) is 11.5 Å². The van der Waals surface area contributed by atoms with Gasteiger partial charge in [0.15, 0.2) is 11.5 Å². The molecule has 4 aromatic carbocycles. The third-order valence-corrected chi connectivity index (χ3v) is 8.36. The number of imidazole rings is 1. The minimum absolute atomic E-state index is 0.222. The summed E-state index contributed by atoms with van der Waals surface area (Å²) in [4.78, 5) is 37.9. The first-order valence-corrected chi connectivity index (χ1v) is 16.1. The van der Waals surface area contributed by atoms with Gasteiger partial charge in [0, 0.05) is 54.5 Å². The lowest BCUT2D eigenvalue weighted by Crippen LogP contribution is -2.25. The molecule has 0 atom stereocenters. The van der Waals surface area contributed by atoms with E-state index in [2.05, 4.69) is 56.7 Å². The molecule has 2 amide bonds. The summed E-state index contributed by atoms with van der Waals surface area (Å²) in [6, 6.07) is 28.8. The number of methoxy groups -OCH3 is 2. The fourth-order valence-corrected chi connectivity index (χ4v) is 5.63. The zero-order valence-corrected chi connectivity index (χ0v) is 27.7. The molecular weight excluding hydrogens is 616 g/mol. The maximum absolute atomic E-state index is 13.6. The van der Waals surface area contributed by atoms with Gasteiger partial charge in [0.05, 0.1) is 42.9 Å². The molecule has 0 aliphatic heterocycles. The Morgan fingerprint density at radius 3 is 2.39 bits per heavy atom. The lowest BCUT2D eigenvalue weighted by atomic mass is 10.1. The third kappa shape index (κ3) is 7.94. The van der Waals surface area contributed by atoms with Crippen molar-refractivity contribution in [3.05, 3.63) is 138 Å². The van der Waals surface area contributed by atoms with Gasteiger partial charge in [-0.15, -0.1) is 0 Å². The number of amides is 2. The second-order valence-corrected chi connectivity index (χ2v) is 11.5. The van der Waals surface area contributed by atoms with E-state index in [1.165, 1.54) is 26.0 Å². The number of hydrogen-bond donors (Lipinski definition) is 2. The van der Waals surface area contributed by atoms with Gasteiger partial charge in [0.2, 0.25) is 0 Å². The molecule has 0 fully saturated rings. The third-order valence-electron chi connectivity index (χ3n) is 8.36. The normalized spacial score (nSPS) is 11.0. The molecular formula is C39H38N6O4. The molecule has 0 unspecified atom stereocenters. The zero-order chi connectivity index (χ0) is 34.2. The molecule has 0 radical (unpaired) electrons. The van der Waals surface area contributed by atoms with Crippen molar-refractivity contribution in [1.29, 1.82) is 0 Å². The van der Waals surface area contributed by atoms with Crippen LogP contribution in [0.2, 0.25) is 0 Å². The van der Waals surface area contributed by atoms with E-state index < -0.39 is 11.8 Å². The van der Waals surface area contributed by atoms with E-state index in [1.807, 2.05) is 59.3 Å². The summed E-state index contributed by atoms with van der Waals surface area (Å²) >= 11 is 0. The number of carbonyl (C=O) groups excluding carboxylic acids is 2. The molecule has 2 aromatic heterocycles. The average Bonchev–Trinajstić information content (AvgIpc) is 3.69. The van der Waals surface area contributed by atoms with Crippen molar-refractivity contribution in [2.45, 2.75) is 19.9 Å². The zero-order valence-electron chi connectivity index (χ0n) is 27.7. The number of rotatable bonds is 13. The number of hydrogen-bond acceptors (Lipinski definition) is 7. The maximum atomic E-state index is 13.6. The van der Waals surface area contributed by atoms with Crippen molar-refractivity contribution < 1.29 is 19.1 Å². The number of ether oxygens (including phenoxy) is 2. The van der Waals surface area contributed by atoms with Gasteiger partial charge in [0.25, 0.3) is 11.8 Å². The molecule has 0 aliphatic carbocycles. The first-order valence-electron chi connectivity index (χ1n) is 16.1. The van der Waals surface area contributed by atoms with E-state index in [1.54, 1.807) is 30.7 Å². The summed E-state index contributed by atoms with van der Waals surface area (Å²) in [6.07, 6.45) is 7.90. The van der Waals surface area contributed by atoms with Crippen LogP contribution in [-0.2, 0) is 13.0 Å². The Morgan fingerprint density at radius 1 is 0.837 bits per heavy atom. The summed E-state index contributed by atoms with van der Waals surface area (Å²) in [5, 5.41) is 6.67. The largest absolute Gasteiger partial charge is 0.493 e. The van der Waals surface area contributed by atoms with Crippen molar-refractivity contribution in [2.75, 3.05) is 37.9 Å². The highest BCUT2D eigenvalue weighted by Crippen LogP contribution is 2.34. The van der Waals surface area contributed by atoms with Crippen LogP contribution in [0, 0.1) is 0 Å². The first kappa shape index (κ1) is 32.9. The first-order chi connectivity index (χ1) is 23.9. The molecule has 10 heteroatoms. The van der Waals surface area contributed by atoms with E-state index in [4.69, 9.17) is 9.47 Å². The van der Waals surface area contributed by atoms with Crippen molar-refractivity contribution >= 4 is 34.1 Å². The Bertz CT molecular complexity index is 2060. The number of pyridine rings is 1. The Balaban J connectivity index is 1.12. The van der Waals surface area contributed by atoms with Gasteiger partial charge < -0.3 is 24.7 Å². The fourth-order valence-electron chi connectivity index (χ4n) is 5.63. The number of benzene rings is 4. The number of aromatic nitrogens is 3. The molecule has 0 spiro atoms. The molecule has 0 aliphatic rings. The van der Waals surface area contributed by atoms with Crippen molar-refractivity contribution in [3.8, 4) is 17.2 Å². The topological polar surface area (TPSA) is 111 Å². The highest BCUT2D eigenvalue weighted by Gasteiger charge is 2.20. The smallest absolute Gasteiger partial charge is 0.257 e. The van der Waals surface area contributed by atoms with Gasteiger partial charge >= 0.3 is 0 Å². The summed E-state index contributed by atoms with van der Waals surface area (Å²) < 4.78 is 12.9. The maximum Gasteiger partial charge on any atom is 0.257 e. The fraction of sp³-hybridized carbons (Fsp3) is 0.179. The second kappa shape index (κ2) is 15.3. The highest BCUT2D eigenvalue weighted by atomic mass is 16.5. The SMILES string of the molecule is CCN(CCc1ccc(NC(=O)c2cc(OC)c(OC)cc2NC(=O)c2cnc3ccccc3c2)cc1)Cc1cccc(-n2ccnc2)c1. The van der Waals surface area contributed by atoms with Gasteiger partial charge in [-0.2, -0.15) is 0 Å². The minimum Gasteiger partial charge on any atom is -0.493 e. The lowest BCUT2D eigenvalue weighted by Gasteiger charge is -2.21. The van der Waals surface area contributed by atoms with E-state index in [0.29, 0.717) is 22.7 Å². The predicted octanol–water partition coefficient (Wildman–Crippen LogP) is 7.01. The van der Waals surface area contributed by atoms with Gasteiger partial charge in [-0.3, -0.25) is 19.5 Å². The standard InChI is InChI=1S/C39H38N6O4/c1-4-44(25-28-8-7-10-32(20-28)45-19-17-40-26-45)18-16-27-12-14-31(15-13-27)42-39(47)33-22-36(48-2)37(49-3)23-35(33)43-38(46)30-21-29-9-5-6-11-34(29)41-24-30/h5-15,17,19-24,26H,4,16,18,25H2,1-3H3,(H,42,47)(H,43,46). The molecule has 0 bridgehead atoms. The van der Waals surface area contributed by atoms with Crippen LogP contribution in [0.4, 0.5) is 11.4 Å². The highest BCUT2D eigenvalue weighted by molar-refractivity contribution is 6.13. The molecule has 0 saturated heterocycles. The van der Waals surface area contributed by atoms with Crippen LogP contribution in [0.15, 0.2) is 116 Å². The van der Waals surface area contributed by atoms with E-state index in [0.717, 1.165) is 48.2 Å². The van der Waals surface area contributed by atoms with Crippen molar-refractivity contribution in [2.24, 2.45) is 0 Å². The Kier molecular flexibility index (Phi) is 10.3. The van der Waals surface area contributed by atoms with Gasteiger partial charge in [0.1, 0.15) is 0 Å². The van der Waals surface area contributed by atoms with Crippen LogP contribution in [0.25, 0.3) is 16.6 Å². The molecule has 10 nitrogen and oxygen atoms in total. The van der Waals surface area contributed by atoms with Crippen LogP contribution in [0.1, 0.15) is 38.8 Å². The minimum atomic E-state index is -0.407.